The van der Waals surface area contributed by atoms with Gasteiger partial charge in [0, 0.05) is 13.1 Å². The first-order valence-corrected chi connectivity index (χ1v) is 9.59. The van der Waals surface area contributed by atoms with E-state index in [9.17, 15) is 14.9 Å². The molecule has 0 heterocycles. The molecule has 0 spiro atoms. The first kappa shape index (κ1) is 24.3. The van der Waals surface area contributed by atoms with Crippen LogP contribution in [-0.4, -0.2) is 51.1 Å². The van der Waals surface area contributed by atoms with Crippen molar-refractivity contribution in [3.8, 4) is 5.75 Å². The van der Waals surface area contributed by atoms with Crippen LogP contribution in [0.2, 0.25) is 0 Å². The van der Waals surface area contributed by atoms with E-state index >= 15 is 0 Å². The van der Waals surface area contributed by atoms with Crippen molar-refractivity contribution in [2.45, 2.75) is 23.8 Å². The number of hydrogen-bond acceptors (Lipinski definition) is 5. The van der Waals surface area contributed by atoms with E-state index in [0.29, 0.717) is 18.8 Å². The Bertz CT molecular complexity index is 728. The van der Waals surface area contributed by atoms with Crippen molar-refractivity contribution in [1.82, 2.24) is 15.5 Å². The zero-order valence-electron chi connectivity index (χ0n) is 15.3. The average molecular weight is 473 g/mol. The summed E-state index contributed by atoms with van der Waals surface area (Å²) in [5, 5.41) is 19.0. The summed E-state index contributed by atoms with van der Waals surface area (Å²) >= 11 is 22.9. The Morgan fingerprint density at radius 2 is 1.93 bits per heavy atom. The van der Waals surface area contributed by atoms with Crippen LogP contribution in [-0.2, 0) is 0 Å². The van der Waals surface area contributed by atoms with Crippen molar-refractivity contribution >= 4 is 69.5 Å². The Morgan fingerprint density at radius 1 is 1.32 bits per heavy atom. The minimum Gasteiger partial charge on any atom is -0.496 e. The number of thiocarbonyl (C=S) groups is 1. The molecule has 0 aromatic heterocycles. The van der Waals surface area contributed by atoms with Gasteiger partial charge >= 0.3 is 6.03 Å². The van der Waals surface area contributed by atoms with Crippen molar-refractivity contribution in [3.63, 3.8) is 0 Å². The molecule has 156 valence electrons. The molecular formula is C15H20Cl3N5O4S. The van der Waals surface area contributed by atoms with E-state index in [0.717, 1.165) is 0 Å². The largest absolute Gasteiger partial charge is 0.496 e. The number of anilines is 1. The second kappa shape index (κ2) is 10.7. The van der Waals surface area contributed by atoms with Crippen LogP contribution in [0.5, 0.6) is 5.75 Å². The zero-order valence-corrected chi connectivity index (χ0v) is 18.4. The number of methoxy groups -OCH3 is 1. The molecule has 0 unspecified atom stereocenters. The number of amides is 2. The lowest BCUT2D eigenvalue weighted by molar-refractivity contribution is -0.384. The van der Waals surface area contributed by atoms with Gasteiger partial charge in [-0.3, -0.25) is 10.1 Å². The predicted octanol–water partition coefficient (Wildman–Crippen LogP) is 3.64. The smallest absolute Gasteiger partial charge is 0.319 e. The van der Waals surface area contributed by atoms with Gasteiger partial charge in [-0.2, -0.15) is 0 Å². The number of carbonyl (C=O) groups is 1. The van der Waals surface area contributed by atoms with Crippen molar-refractivity contribution in [2.24, 2.45) is 0 Å². The molecule has 3 N–H and O–H groups in total. The second-order valence-electron chi connectivity index (χ2n) is 5.34. The van der Waals surface area contributed by atoms with Crippen LogP contribution in [0.4, 0.5) is 16.2 Å². The Balaban J connectivity index is 2.95. The van der Waals surface area contributed by atoms with Crippen molar-refractivity contribution in [3.05, 3.63) is 28.3 Å². The van der Waals surface area contributed by atoms with Gasteiger partial charge in [-0.25, -0.2) is 4.79 Å². The van der Waals surface area contributed by atoms with E-state index in [1.165, 1.54) is 30.2 Å². The van der Waals surface area contributed by atoms with Crippen molar-refractivity contribution in [2.75, 3.05) is 25.5 Å². The van der Waals surface area contributed by atoms with Crippen LogP contribution in [0, 0.1) is 10.1 Å². The number of carbonyl (C=O) groups excluding carboxylic acids is 1. The molecule has 0 saturated heterocycles. The van der Waals surface area contributed by atoms with Gasteiger partial charge in [0.1, 0.15) is 11.4 Å². The fourth-order valence-electron chi connectivity index (χ4n) is 2.11. The van der Waals surface area contributed by atoms with E-state index < -0.39 is 20.9 Å². The molecule has 0 aliphatic rings. The van der Waals surface area contributed by atoms with Crippen LogP contribution in [0.1, 0.15) is 13.8 Å². The number of alkyl halides is 3. The van der Waals surface area contributed by atoms with E-state index in [2.05, 4.69) is 16.0 Å². The molecular weight excluding hydrogens is 453 g/mol. The third-order valence-corrected chi connectivity index (χ3v) is 4.45. The first-order chi connectivity index (χ1) is 13.0. The predicted molar refractivity (Wildman–Crippen MR) is 115 cm³/mol. The number of urea groups is 1. The molecule has 1 aromatic carbocycles. The topological polar surface area (TPSA) is 109 Å². The molecule has 2 amide bonds. The molecule has 0 saturated carbocycles. The summed E-state index contributed by atoms with van der Waals surface area (Å²) in [4.78, 5) is 24.4. The molecule has 13 heteroatoms. The highest BCUT2D eigenvalue weighted by atomic mass is 35.6. The Morgan fingerprint density at radius 3 is 2.39 bits per heavy atom. The fourth-order valence-corrected chi connectivity index (χ4v) is 2.67. The Hall–Kier alpha value is -1.75. The maximum absolute atomic E-state index is 12.2. The zero-order chi connectivity index (χ0) is 21.5. The summed E-state index contributed by atoms with van der Waals surface area (Å²) in [5.41, 5.74) is -0.164. The number of nitrogens with zero attached hydrogens (tertiary/aromatic N) is 2. The van der Waals surface area contributed by atoms with Crippen LogP contribution in [0.3, 0.4) is 0 Å². The Kier molecular flexibility index (Phi) is 9.28. The van der Waals surface area contributed by atoms with Gasteiger partial charge in [-0.05, 0) is 38.2 Å². The summed E-state index contributed by atoms with van der Waals surface area (Å²) in [7, 11) is 1.39. The summed E-state index contributed by atoms with van der Waals surface area (Å²) in [6, 6.07) is 3.71. The molecule has 28 heavy (non-hydrogen) atoms. The van der Waals surface area contributed by atoms with Gasteiger partial charge in [0.2, 0.25) is 3.79 Å². The molecule has 1 atom stereocenters. The lowest BCUT2D eigenvalue weighted by Crippen LogP contribution is -2.58. The lowest BCUT2D eigenvalue weighted by atomic mass is 10.2. The molecule has 0 aliphatic heterocycles. The van der Waals surface area contributed by atoms with Gasteiger partial charge in [-0.15, -0.1) is 0 Å². The van der Waals surface area contributed by atoms with E-state index in [1.54, 1.807) is 13.8 Å². The fraction of sp³-hybridized carbons (Fsp3) is 0.467. The summed E-state index contributed by atoms with van der Waals surface area (Å²) in [6.45, 7) is 4.51. The number of nitrogens with one attached hydrogen (secondary N) is 3. The normalized spacial score (nSPS) is 11.9. The molecule has 1 aromatic rings. The minimum atomic E-state index is -1.94. The van der Waals surface area contributed by atoms with Gasteiger partial charge in [0.05, 0.1) is 18.1 Å². The first-order valence-electron chi connectivity index (χ1n) is 8.05. The number of halogens is 3. The number of ether oxygens (including phenoxy) is 1. The number of rotatable bonds is 7. The van der Waals surface area contributed by atoms with E-state index in [4.69, 9.17) is 51.8 Å². The van der Waals surface area contributed by atoms with Crippen molar-refractivity contribution in [1.29, 1.82) is 0 Å². The number of hydrogen-bond donors (Lipinski definition) is 3. The lowest BCUT2D eigenvalue weighted by Gasteiger charge is -2.30. The van der Waals surface area contributed by atoms with Gasteiger partial charge in [-0.1, -0.05) is 34.8 Å². The SMILES string of the molecule is CCN(CC)C(=O)N[C@H](NC(=S)Nc1ccc(OC)cc1[N+](=O)[O-])C(Cl)(Cl)Cl. The third-order valence-electron chi connectivity index (χ3n) is 3.57. The highest BCUT2D eigenvalue weighted by molar-refractivity contribution is 7.80. The van der Waals surface area contributed by atoms with Gasteiger partial charge < -0.3 is 25.6 Å². The molecule has 0 fully saturated rings. The van der Waals surface area contributed by atoms with E-state index in [-0.39, 0.29) is 16.5 Å². The summed E-state index contributed by atoms with van der Waals surface area (Å²) < 4.78 is 3.03. The third kappa shape index (κ3) is 7.01. The number of benzene rings is 1. The monoisotopic (exact) mass is 471 g/mol. The van der Waals surface area contributed by atoms with E-state index in [1.807, 2.05) is 0 Å². The van der Waals surface area contributed by atoms with Crippen LogP contribution in [0.15, 0.2) is 18.2 Å². The summed E-state index contributed by atoms with van der Waals surface area (Å²) in [6.07, 6.45) is -1.19. The standard InChI is InChI=1S/C15H20Cl3N5O4S/c1-4-22(5-2)14(24)21-12(15(16,17)18)20-13(28)19-10-7-6-9(27-3)8-11(10)23(25)26/h6-8,12H,4-5H2,1-3H3,(H,21,24)(H2,19,20,28)/t12-/m0/s1. The minimum absolute atomic E-state index is 0.0931. The van der Waals surface area contributed by atoms with Crippen molar-refractivity contribution < 1.29 is 14.5 Å². The highest BCUT2D eigenvalue weighted by Crippen LogP contribution is 2.31. The maximum atomic E-state index is 12.2. The second-order valence-corrected chi connectivity index (χ2v) is 8.11. The van der Waals surface area contributed by atoms with Crippen LogP contribution in [0.25, 0.3) is 0 Å². The molecule has 9 nitrogen and oxygen atoms in total. The van der Waals surface area contributed by atoms with Gasteiger partial charge in [0.15, 0.2) is 11.3 Å². The highest BCUT2D eigenvalue weighted by Gasteiger charge is 2.35. The summed E-state index contributed by atoms with van der Waals surface area (Å²) in [5.74, 6) is 0.307. The molecule has 0 bridgehead atoms. The molecule has 1 rings (SSSR count). The number of nitro groups is 1. The Labute approximate surface area is 182 Å². The average Bonchev–Trinajstić information content (AvgIpc) is 2.61. The van der Waals surface area contributed by atoms with Crippen LogP contribution < -0.4 is 20.7 Å². The van der Waals surface area contributed by atoms with Crippen LogP contribution >= 0.6 is 47.0 Å². The molecule has 0 radical (unpaired) electrons. The van der Waals surface area contributed by atoms with Gasteiger partial charge in [0.25, 0.3) is 5.69 Å². The number of nitro benzene ring substituents is 1. The maximum Gasteiger partial charge on any atom is 0.319 e. The molecule has 0 aliphatic carbocycles. The quantitative estimate of drug-likeness (QED) is 0.183.